The Labute approximate surface area is 221 Å². The Morgan fingerprint density at radius 3 is 2.56 bits per heavy atom. The van der Waals surface area contributed by atoms with Gasteiger partial charge in [0.15, 0.2) is 11.5 Å². The molecule has 9 nitrogen and oxygen atoms in total. The molecule has 0 atom stereocenters. The van der Waals surface area contributed by atoms with E-state index in [-0.39, 0.29) is 17.8 Å². The predicted molar refractivity (Wildman–Crippen MR) is 142 cm³/mol. The fourth-order valence-corrected chi connectivity index (χ4v) is 4.29. The van der Waals surface area contributed by atoms with E-state index in [4.69, 9.17) is 4.74 Å². The van der Waals surface area contributed by atoms with Crippen LogP contribution in [0.5, 0.6) is 11.6 Å². The number of halogens is 1. The minimum atomic E-state index is -0.472. The number of hydrogen-bond donors (Lipinski definition) is 0. The van der Waals surface area contributed by atoms with Crippen LogP contribution in [0.15, 0.2) is 103 Å². The van der Waals surface area contributed by atoms with Crippen LogP contribution in [0.2, 0.25) is 0 Å². The zero-order chi connectivity index (χ0) is 26.9. The molecule has 10 heteroatoms. The molecule has 0 bridgehead atoms. The summed E-state index contributed by atoms with van der Waals surface area (Å²) < 4.78 is 24.1. The van der Waals surface area contributed by atoms with E-state index < -0.39 is 11.4 Å². The molecule has 0 aliphatic carbocycles. The van der Waals surface area contributed by atoms with Gasteiger partial charge in [0.2, 0.25) is 5.88 Å². The van der Waals surface area contributed by atoms with E-state index in [1.54, 1.807) is 52.2 Å². The molecule has 5 heterocycles. The predicted octanol–water partition coefficient (Wildman–Crippen LogP) is 4.64. The zero-order valence-corrected chi connectivity index (χ0v) is 20.7. The molecule has 0 N–H and O–H groups in total. The highest BCUT2D eigenvalue weighted by atomic mass is 19.1. The molecule has 1 aromatic carbocycles. The number of rotatable bonds is 7. The van der Waals surface area contributed by atoms with Gasteiger partial charge in [-0.15, -0.1) is 0 Å². The van der Waals surface area contributed by atoms with Crippen molar-refractivity contribution < 1.29 is 13.9 Å². The van der Waals surface area contributed by atoms with E-state index in [1.807, 2.05) is 31.6 Å². The van der Waals surface area contributed by atoms with Gasteiger partial charge in [0.1, 0.15) is 11.3 Å². The van der Waals surface area contributed by atoms with E-state index in [0.717, 1.165) is 16.6 Å². The van der Waals surface area contributed by atoms with Crippen molar-refractivity contribution in [2.24, 2.45) is 7.05 Å². The quantitative estimate of drug-likeness (QED) is 0.285. The van der Waals surface area contributed by atoms with Crippen molar-refractivity contribution in [2.45, 2.75) is 6.42 Å². The summed E-state index contributed by atoms with van der Waals surface area (Å²) in [6.07, 6.45) is 10.3. The second-order valence-electron chi connectivity index (χ2n) is 8.94. The SMILES string of the molecule is Cn1cc(-c2cc(Oc3ccc(CC(=O)c4cccn(-c5ccc(F)cc5)c4=O)cn3)c3ccnn3c2)cn1. The molecule has 0 saturated carbocycles. The molecule has 0 aliphatic rings. The molecule has 0 amide bonds. The van der Waals surface area contributed by atoms with E-state index >= 15 is 0 Å². The average Bonchev–Trinajstić information content (AvgIpc) is 3.59. The van der Waals surface area contributed by atoms with Crippen LogP contribution in [0, 0.1) is 5.82 Å². The number of carbonyl (C=O) groups is 1. The number of Topliss-reactive ketones (excluding diaryl/α,β-unsaturated/α-hetero) is 1. The number of fused-ring (bicyclic) bond motifs is 1. The Hall–Kier alpha value is -5.38. The van der Waals surface area contributed by atoms with Crippen LogP contribution in [0.3, 0.4) is 0 Å². The second kappa shape index (κ2) is 9.82. The van der Waals surface area contributed by atoms with Gasteiger partial charge in [-0.1, -0.05) is 6.07 Å². The number of carbonyl (C=O) groups excluding carboxylic acids is 1. The van der Waals surface area contributed by atoms with Gasteiger partial charge in [-0.2, -0.15) is 10.2 Å². The Bertz CT molecular complexity index is 1870. The summed E-state index contributed by atoms with van der Waals surface area (Å²) in [5.74, 6) is 0.152. The third-order valence-electron chi connectivity index (χ3n) is 6.24. The van der Waals surface area contributed by atoms with Gasteiger partial charge in [-0.25, -0.2) is 13.9 Å². The van der Waals surface area contributed by atoms with Gasteiger partial charge in [0.05, 0.1) is 18.0 Å². The summed E-state index contributed by atoms with van der Waals surface area (Å²) in [5, 5.41) is 8.56. The number of hydrogen-bond acceptors (Lipinski definition) is 6. The van der Waals surface area contributed by atoms with E-state index in [0.29, 0.717) is 22.9 Å². The normalized spacial score (nSPS) is 11.1. The molecule has 0 aliphatic heterocycles. The standard InChI is InChI=1S/C29H21FN6O3/c1-34-17-21(16-33-34)20-14-27(25-10-11-32-36(25)18-20)39-28-9-4-19(15-31-28)13-26(37)24-3-2-12-35(29(24)38)23-7-5-22(30)6-8-23/h2-12,14-18H,13H2,1H3. The maximum absolute atomic E-state index is 13.3. The third kappa shape index (κ3) is 4.82. The minimum absolute atomic E-state index is 0.0146. The van der Waals surface area contributed by atoms with Crippen molar-refractivity contribution in [2.75, 3.05) is 0 Å². The molecular formula is C29H21FN6O3. The van der Waals surface area contributed by atoms with Crippen LogP contribution in [-0.4, -0.2) is 34.7 Å². The highest BCUT2D eigenvalue weighted by Crippen LogP contribution is 2.30. The van der Waals surface area contributed by atoms with Crippen LogP contribution in [0.25, 0.3) is 22.3 Å². The molecule has 6 aromatic rings. The molecule has 192 valence electrons. The van der Waals surface area contributed by atoms with Gasteiger partial charge in [0, 0.05) is 61.1 Å². The Morgan fingerprint density at radius 2 is 1.82 bits per heavy atom. The van der Waals surface area contributed by atoms with Gasteiger partial charge < -0.3 is 4.74 Å². The van der Waals surface area contributed by atoms with Crippen LogP contribution >= 0.6 is 0 Å². The maximum Gasteiger partial charge on any atom is 0.265 e. The molecule has 0 spiro atoms. The minimum Gasteiger partial charge on any atom is -0.437 e. The van der Waals surface area contributed by atoms with Gasteiger partial charge in [0.25, 0.3) is 5.56 Å². The summed E-state index contributed by atoms with van der Waals surface area (Å²) in [7, 11) is 1.85. The Morgan fingerprint density at radius 1 is 0.974 bits per heavy atom. The number of pyridine rings is 3. The van der Waals surface area contributed by atoms with Crippen molar-refractivity contribution in [3.8, 4) is 28.4 Å². The first kappa shape index (κ1) is 24.0. The fraction of sp³-hybridized carbons (Fsp3) is 0.0690. The van der Waals surface area contributed by atoms with Crippen LogP contribution < -0.4 is 10.3 Å². The van der Waals surface area contributed by atoms with E-state index in [9.17, 15) is 14.0 Å². The zero-order valence-electron chi connectivity index (χ0n) is 20.7. The summed E-state index contributed by atoms with van der Waals surface area (Å²) >= 11 is 0. The second-order valence-corrected chi connectivity index (χ2v) is 8.94. The van der Waals surface area contributed by atoms with Crippen molar-refractivity contribution in [3.63, 3.8) is 0 Å². The number of aromatic nitrogens is 6. The first-order chi connectivity index (χ1) is 18.9. The summed E-state index contributed by atoms with van der Waals surface area (Å²) in [4.78, 5) is 30.3. The van der Waals surface area contributed by atoms with Gasteiger partial charge in [-0.05, 0) is 54.1 Å². The van der Waals surface area contributed by atoms with Crippen molar-refractivity contribution in [1.29, 1.82) is 0 Å². The van der Waals surface area contributed by atoms with Crippen LogP contribution in [-0.2, 0) is 13.5 Å². The molecule has 0 radical (unpaired) electrons. The number of nitrogens with zero attached hydrogens (tertiary/aromatic N) is 6. The van der Waals surface area contributed by atoms with Gasteiger partial charge >= 0.3 is 0 Å². The molecule has 6 rings (SSSR count). The van der Waals surface area contributed by atoms with E-state index in [1.165, 1.54) is 34.9 Å². The van der Waals surface area contributed by atoms with Crippen LogP contribution in [0.4, 0.5) is 4.39 Å². The highest BCUT2D eigenvalue weighted by molar-refractivity contribution is 5.97. The third-order valence-corrected chi connectivity index (χ3v) is 6.24. The summed E-state index contributed by atoms with van der Waals surface area (Å²) in [6, 6.07) is 15.7. The van der Waals surface area contributed by atoms with E-state index in [2.05, 4.69) is 15.2 Å². The molecule has 39 heavy (non-hydrogen) atoms. The van der Waals surface area contributed by atoms with Crippen molar-refractivity contribution in [1.82, 2.24) is 28.9 Å². The van der Waals surface area contributed by atoms with Gasteiger partial charge in [-0.3, -0.25) is 18.8 Å². The number of ether oxygens (including phenoxy) is 1. The molecular weight excluding hydrogens is 499 g/mol. The maximum atomic E-state index is 13.3. The first-order valence-corrected chi connectivity index (χ1v) is 12.0. The lowest BCUT2D eigenvalue weighted by Gasteiger charge is -2.10. The lowest BCUT2D eigenvalue weighted by atomic mass is 10.1. The number of benzene rings is 1. The largest absolute Gasteiger partial charge is 0.437 e. The summed E-state index contributed by atoms with van der Waals surface area (Å²) in [5.41, 5.74) is 3.23. The fourth-order valence-electron chi connectivity index (χ4n) is 4.29. The first-order valence-electron chi connectivity index (χ1n) is 12.0. The van der Waals surface area contributed by atoms with Crippen molar-refractivity contribution >= 4 is 11.3 Å². The average molecular weight is 521 g/mol. The van der Waals surface area contributed by atoms with Crippen molar-refractivity contribution in [3.05, 3.63) is 125 Å². The molecule has 0 unspecified atom stereocenters. The number of ketones is 1. The van der Waals surface area contributed by atoms with Crippen LogP contribution in [0.1, 0.15) is 15.9 Å². The molecule has 0 saturated heterocycles. The lowest BCUT2D eigenvalue weighted by molar-refractivity contribution is 0.0991. The smallest absolute Gasteiger partial charge is 0.265 e. The lowest BCUT2D eigenvalue weighted by Crippen LogP contribution is -2.25. The highest BCUT2D eigenvalue weighted by Gasteiger charge is 2.15. The Balaban J connectivity index is 1.21. The Kier molecular flexibility index (Phi) is 6.04. The summed E-state index contributed by atoms with van der Waals surface area (Å²) in [6.45, 7) is 0. The monoisotopic (exact) mass is 520 g/mol. The molecule has 5 aromatic heterocycles. The topological polar surface area (TPSA) is 96.3 Å². The number of aryl methyl sites for hydroxylation is 1. The molecule has 0 fully saturated rings.